The number of aromatic nitrogens is 2. The normalized spacial score (nSPS) is 20.3. The maximum atomic E-state index is 12.1. The van der Waals surface area contributed by atoms with Gasteiger partial charge in [0, 0.05) is 44.0 Å². The molecule has 0 radical (unpaired) electrons. The zero-order valence-corrected chi connectivity index (χ0v) is 16.3. The second kappa shape index (κ2) is 9.15. The van der Waals surface area contributed by atoms with Crippen molar-refractivity contribution in [1.29, 1.82) is 0 Å². The summed E-state index contributed by atoms with van der Waals surface area (Å²) in [4.78, 5) is 24.9. The lowest BCUT2D eigenvalue weighted by molar-refractivity contribution is -0.132. The minimum Gasteiger partial charge on any atom is -0.484 e. The Kier molecular flexibility index (Phi) is 6.17. The summed E-state index contributed by atoms with van der Waals surface area (Å²) in [5.74, 6) is 1.33. The maximum Gasteiger partial charge on any atom is 0.260 e. The van der Waals surface area contributed by atoms with Gasteiger partial charge in [0.25, 0.3) is 5.91 Å². The van der Waals surface area contributed by atoms with Crippen molar-refractivity contribution >= 4 is 5.91 Å². The van der Waals surface area contributed by atoms with Crippen LogP contribution in [0.5, 0.6) is 5.75 Å². The fraction of sp³-hybridized carbons (Fsp3) is 0.500. The number of carbonyl (C=O) groups is 1. The quantitative estimate of drug-likeness (QED) is 0.771. The average Bonchev–Trinajstić information content (AvgIpc) is 3.29. The van der Waals surface area contributed by atoms with E-state index in [1.54, 1.807) is 6.33 Å². The summed E-state index contributed by atoms with van der Waals surface area (Å²) in [6, 6.07) is 10.2. The molecule has 2 aromatic rings. The van der Waals surface area contributed by atoms with Crippen molar-refractivity contribution in [2.75, 3.05) is 32.8 Å². The summed E-state index contributed by atoms with van der Waals surface area (Å²) in [6.07, 6.45) is 8.06. The number of hydrogen-bond donors (Lipinski definition) is 0. The van der Waals surface area contributed by atoms with Crippen molar-refractivity contribution in [3.05, 3.63) is 54.1 Å². The first-order valence-corrected chi connectivity index (χ1v) is 10.3. The van der Waals surface area contributed by atoms with E-state index in [0.717, 1.165) is 57.0 Å². The fourth-order valence-corrected chi connectivity index (χ4v) is 4.14. The molecule has 2 aliphatic rings. The summed E-state index contributed by atoms with van der Waals surface area (Å²) >= 11 is 0. The van der Waals surface area contributed by atoms with Crippen LogP contribution in [-0.4, -0.2) is 58.5 Å². The predicted molar refractivity (Wildman–Crippen MR) is 107 cm³/mol. The molecule has 4 rings (SSSR count). The minimum atomic E-state index is 0.0886. The van der Waals surface area contributed by atoms with Crippen LogP contribution in [0.2, 0.25) is 0 Å². The molecule has 0 aliphatic carbocycles. The predicted octanol–water partition coefficient (Wildman–Crippen LogP) is 2.86. The lowest BCUT2D eigenvalue weighted by Crippen LogP contribution is -2.34. The Morgan fingerprint density at radius 2 is 1.89 bits per heavy atom. The van der Waals surface area contributed by atoms with Crippen molar-refractivity contribution < 1.29 is 9.53 Å². The van der Waals surface area contributed by atoms with Crippen LogP contribution >= 0.6 is 0 Å². The highest BCUT2D eigenvalue weighted by Crippen LogP contribution is 2.26. The summed E-state index contributed by atoms with van der Waals surface area (Å²) < 4.78 is 5.68. The summed E-state index contributed by atoms with van der Waals surface area (Å²) in [7, 11) is 0. The van der Waals surface area contributed by atoms with Crippen molar-refractivity contribution in [2.45, 2.75) is 38.1 Å². The van der Waals surface area contributed by atoms with Gasteiger partial charge in [-0.05, 0) is 56.0 Å². The molecule has 1 atom stereocenters. The van der Waals surface area contributed by atoms with Crippen LogP contribution in [0, 0.1) is 0 Å². The minimum absolute atomic E-state index is 0.0886. The highest BCUT2D eigenvalue weighted by molar-refractivity contribution is 5.78. The van der Waals surface area contributed by atoms with Gasteiger partial charge in [-0.2, -0.15) is 0 Å². The smallest absolute Gasteiger partial charge is 0.260 e. The Balaban J connectivity index is 1.27. The first-order valence-electron chi connectivity index (χ1n) is 10.3. The molecule has 0 spiro atoms. The Morgan fingerprint density at radius 1 is 1.07 bits per heavy atom. The number of benzene rings is 1. The molecule has 2 saturated heterocycles. The zero-order chi connectivity index (χ0) is 19.2. The molecule has 2 aliphatic heterocycles. The molecular formula is C22H28N4O2. The number of nitrogens with zero attached hydrogens (tertiary/aromatic N) is 4. The lowest BCUT2D eigenvalue weighted by Gasteiger charge is -2.32. The topological polar surface area (TPSA) is 58.6 Å². The van der Waals surface area contributed by atoms with Gasteiger partial charge in [-0.25, -0.2) is 9.97 Å². The van der Waals surface area contributed by atoms with Gasteiger partial charge in [0.15, 0.2) is 6.61 Å². The van der Waals surface area contributed by atoms with Gasteiger partial charge in [0.1, 0.15) is 12.1 Å². The number of ether oxygens (including phenoxy) is 1. The van der Waals surface area contributed by atoms with E-state index in [1.807, 2.05) is 29.3 Å². The number of likely N-dealkylation sites (tertiary alicyclic amines) is 2. The molecule has 1 aromatic heterocycles. The van der Waals surface area contributed by atoms with E-state index in [1.165, 1.54) is 18.4 Å². The number of piperidine rings is 1. The summed E-state index contributed by atoms with van der Waals surface area (Å²) in [6.45, 7) is 4.93. The monoisotopic (exact) mass is 380 g/mol. The highest BCUT2D eigenvalue weighted by atomic mass is 16.5. The number of amides is 1. The van der Waals surface area contributed by atoms with Crippen molar-refractivity contribution in [3.63, 3.8) is 0 Å². The molecule has 0 saturated carbocycles. The Labute approximate surface area is 166 Å². The first-order chi connectivity index (χ1) is 13.8. The standard InChI is InChI=1S/C22H28N4O2/c27-22(26-12-1-2-13-26)16-28-20-7-5-18(6-8-20)14-25-11-3-4-19(15-25)21-9-10-23-17-24-21/h5-10,17,19H,1-4,11-16H2. The first kappa shape index (κ1) is 18.9. The van der Waals surface area contributed by atoms with Crippen molar-refractivity contribution in [2.24, 2.45) is 0 Å². The van der Waals surface area contributed by atoms with Gasteiger partial charge >= 0.3 is 0 Å². The highest BCUT2D eigenvalue weighted by Gasteiger charge is 2.22. The third-order valence-electron chi connectivity index (χ3n) is 5.68. The van der Waals surface area contributed by atoms with Gasteiger partial charge in [0.05, 0.1) is 0 Å². The van der Waals surface area contributed by atoms with E-state index < -0.39 is 0 Å². The van der Waals surface area contributed by atoms with E-state index in [-0.39, 0.29) is 12.5 Å². The molecule has 148 valence electrons. The lowest BCUT2D eigenvalue weighted by atomic mass is 9.94. The molecular weight excluding hydrogens is 352 g/mol. The van der Waals surface area contributed by atoms with Gasteiger partial charge in [-0.15, -0.1) is 0 Å². The Morgan fingerprint density at radius 3 is 2.64 bits per heavy atom. The van der Waals surface area contributed by atoms with Crippen LogP contribution in [0.25, 0.3) is 0 Å². The van der Waals surface area contributed by atoms with Crippen molar-refractivity contribution in [3.8, 4) is 5.75 Å². The third kappa shape index (κ3) is 4.87. The Hall–Kier alpha value is -2.47. The molecule has 0 bridgehead atoms. The second-order valence-corrected chi connectivity index (χ2v) is 7.73. The van der Waals surface area contributed by atoms with E-state index in [9.17, 15) is 4.79 Å². The van der Waals surface area contributed by atoms with Crippen LogP contribution in [0.1, 0.15) is 42.9 Å². The van der Waals surface area contributed by atoms with Gasteiger partial charge in [0.2, 0.25) is 0 Å². The molecule has 6 heteroatoms. The van der Waals surface area contributed by atoms with Crippen LogP contribution in [0.15, 0.2) is 42.9 Å². The van der Waals surface area contributed by atoms with Crippen LogP contribution < -0.4 is 4.74 Å². The zero-order valence-electron chi connectivity index (χ0n) is 16.3. The van der Waals surface area contributed by atoms with Gasteiger partial charge in [-0.1, -0.05) is 12.1 Å². The Bertz CT molecular complexity index is 760. The van der Waals surface area contributed by atoms with Crippen LogP contribution in [0.3, 0.4) is 0 Å². The van der Waals surface area contributed by atoms with E-state index in [4.69, 9.17) is 4.74 Å². The number of carbonyl (C=O) groups excluding carboxylic acids is 1. The van der Waals surface area contributed by atoms with Crippen LogP contribution in [-0.2, 0) is 11.3 Å². The molecule has 1 aromatic carbocycles. The van der Waals surface area contributed by atoms with Crippen LogP contribution in [0.4, 0.5) is 0 Å². The fourth-order valence-electron chi connectivity index (χ4n) is 4.14. The molecule has 1 amide bonds. The maximum absolute atomic E-state index is 12.1. The third-order valence-corrected chi connectivity index (χ3v) is 5.68. The van der Waals surface area contributed by atoms with Crippen molar-refractivity contribution in [1.82, 2.24) is 19.8 Å². The van der Waals surface area contributed by atoms with E-state index >= 15 is 0 Å². The molecule has 3 heterocycles. The van der Waals surface area contributed by atoms with Gasteiger partial charge in [-0.3, -0.25) is 9.69 Å². The number of rotatable bonds is 6. The van der Waals surface area contributed by atoms with E-state index in [2.05, 4.69) is 27.0 Å². The SMILES string of the molecule is O=C(COc1ccc(CN2CCCC(c3ccncn3)C2)cc1)N1CCCC1. The molecule has 28 heavy (non-hydrogen) atoms. The number of hydrogen-bond acceptors (Lipinski definition) is 5. The second-order valence-electron chi connectivity index (χ2n) is 7.73. The summed E-state index contributed by atoms with van der Waals surface area (Å²) in [5, 5.41) is 0. The van der Waals surface area contributed by atoms with E-state index in [0.29, 0.717) is 5.92 Å². The molecule has 6 nitrogen and oxygen atoms in total. The summed E-state index contributed by atoms with van der Waals surface area (Å²) in [5.41, 5.74) is 2.41. The largest absolute Gasteiger partial charge is 0.484 e. The molecule has 0 N–H and O–H groups in total. The average molecular weight is 380 g/mol. The molecule has 1 unspecified atom stereocenters. The molecule has 2 fully saturated rings. The van der Waals surface area contributed by atoms with Gasteiger partial charge < -0.3 is 9.64 Å².